The first-order valence-corrected chi connectivity index (χ1v) is 5.42. The topological polar surface area (TPSA) is 3.24 Å². The van der Waals surface area contributed by atoms with E-state index in [1.807, 2.05) is 0 Å². The van der Waals surface area contributed by atoms with Crippen LogP contribution in [-0.4, -0.2) is 7.68 Å². The summed E-state index contributed by atoms with van der Waals surface area (Å²) in [5.41, 5.74) is 0.362. The molecule has 3 heteroatoms. The molecular formula is C7H15BrIN. The van der Waals surface area contributed by atoms with E-state index >= 15 is 0 Å². The van der Waals surface area contributed by atoms with Crippen LogP contribution in [0.25, 0.3) is 0 Å². The highest BCUT2D eigenvalue weighted by Crippen LogP contribution is 2.33. The lowest BCUT2D eigenvalue weighted by atomic mass is 9.92. The molecule has 0 aliphatic heterocycles. The van der Waals surface area contributed by atoms with Crippen LogP contribution < -0.4 is 0 Å². The summed E-state index contributed by atoms with van der Waals surface area (Å²) in [6.07, 6.45) is 3.61. The van der Waals surface area contributed by atoms with E-state index in [-0.39, 0.29) is 0 Å². The summed E-state index contributed by atoms with van der Waals surface area (Å²) >= 11 is 5.81. The second kappa shape index (κ2) is 4.93. The third-order valence-corrected chi connectivity index (χ3v) is 4.11. The van der Waals surface area contributed by atoms with E-state index in [0.29, 0.717) is 5.54 Å². The Bertz CT molecular complexity index is 83.3. The van der Waals surface area contributed by atoms with Crippen LogP contribution in [0.4, 0.5) is 0 Å². The lowest BCUT2D eigenvalue weighted by Gasteiger charge is -2.33. The smallest absolute Gasteiger partial charge is 0.0412 e. The van der Waals surface area contributed by atoms with Gasteiger partial charge in [0.05, 0.1) is 0 Å². The molecule has 0 fully saturated rings. The molecule has 0 atom stereocenters. The second-order valence-electron chi connectivity index (χ2n) is 2.52. The first-order valence-electron chi connectivity index (χ1n) is 3.74. The van der Waals surface area contributed by atoms with Crippen LogP contribution in [0.5, 0.6) is 0 Å². The van der Waals surface area contributed by atoms with E-state index in [0.717, 1.165) is 0 Å². The molecule has 0 radical (unpaired) electrons. The first kappa shape index (κ1) is 11.2. The standard InChI is InChI=1S/C7H15BrIN/c1-4-7(5-2,6-3)10(8)9/h4-6H2,1-3H3. The van der Waals surface area contributed by atoms with Crippen molar-refractivity contribution in [3.8, 4) is 0 Å². The van der Waals surface area contributed by atoms with Crippen molar-refractivity contribution in [1.82, 2.24) is 2.14 Å². The van der Waals surface area contributed by atoms with Crippen LogP contribution in [0, 0.1) is 0 Å². The average molecular weight is 320 g/mol. The fraction of sp³-hybridized carbons (Fsp3) is 1.00. The predicted molar refractivity (Wildman–Crippen MR) is 58.4 cm³/mol. The quantitative estimate of drug-likeness (QED) is 0.561. The summed E-state index contributed by atoms with van der Waals surface area (Å²) in [6, 6.07) is 0. The zero-order chi connectivity index (χ0) is 8.20. The Hall–Kier alpha value is 1.17. The SMILES string of the molecule is CCC(CC)(CC)N(Br)I. The third-order valence-electron chi connectivity index (χ3n) is 2.33. The van der Waals surface area contributed by atoms with Gasteiger partial charge in [0.25, 0.3) is 0 Å². The molecule has 0 heterocycles. The minimum Gasteiger partial charge on any atom is -0.177 e. The number of nitrogens with zero attached hydrogens (tertiary/aromatic N) is 1. The average Bonchev–Trinajstić information content (AvgIpc) is 1.92. The Morgan fingerprint density at radius 2 is 1.50 bits per heavy atom. The van der Waals surface area contributed by atoms with Gasteiger partial charge in [-0.2, -0.15) is 2.14 Å². The molecule has 10 heavy (non-hydrogen) atoms. The van der Waals surface area contributed by atoms with E-state index < -0.39 is 0 Å². The Kier molecular flexibility index (Phi) is 5.51. The Morgan fingerprint density at radius 1 is 1.20 bits per heavy atom. The monoisotopic (exact) mass is 319 g/mol. The predicted octanol–water partition coefficient (Wildman–Crippen LogP) is 3.92. The molecule has 0 unspecified atom stereocenters. The van der Waals surface area contributed by atoms with E-state index in [2.05, 4.69) is 61.9 Å². The number of rotatable bonds is 4. The van der Waals surface area contributed by atoms with Gasteiger partial charge in [-0.25, -0.2) is 0 Å². The molecule has 0 aromatic rings. The number of halogens is 2. The molecule has 0 N–H and O–H groups in total. The third kappa shape index (κ3) is 2.34. The summed E-state index contributed by atoms with van der Waals surface area (Å²) in [7, 11) is 0. The van der Waals surface area contributed by atoms with Crippen molar-refractivity contribution in [3.63, 3.8) is 0 Å². The second-order valence-corrected chi connectivity index (χ2v) is 5.52. The van der Waals surface area contributed by atoms with Crippen molar-refractivity contribution in [2.24, 2.45) is 0 Å². The molecule has 62 valence electrons. The van der Waals surface area contributed by atoms with Gasteiger partial charge in [0.15, 0.2) is 0 Å². The highest BCUT2D eigenvalue weighted by Gasteiger charge is 2.28. The van der Waals surface area contributed by atoms with E-state index in [9.17, 15) is 0 Å². The Labute approximate surface area is 86.4 Å². The van der Waals surface area contributed by atoms with Gasteiger partial charge in [-0.1, -0.05) is 20.8 Å². The molecule has 1 nitrogen and oxygen atoms in total. The largest absolute Gasteiger partial charge is 0.177 e. The van der Waals surface area contributed by atoms with Gasteiger partial charge >= 0.3 is 0 Å². The zero-order valence-corrected chi connectivity index (χ0v) is 10.6. The van der Waals surface area contributed by atoms with Crippen LogP contribution in [0.3, 0.4) is 0 Å². The van der Waals surface area contributed by atoms with Crippen molar-refractivity contribution in [2.45, 2.75) is 45.6 Å². The minimum atomic E-state index is 0.362. The van der Waals surface area contributed by atoms with Crippen molar-refractivity contribution < 1.29 is 0 Å². The Balaban J connectivity index is 4.15. The maximum absolute atomic E-state index is 3.50. The van der Waals surface area contributed by atoms with Gasteiger partial charge < -0.3 is 0 Å². The molecule has 0 spiro atoms. The van der Waals surface area contributed by atoms with Crippen LogP contribution in [0.15, 0.2) is 0 Å². The summed E-state index contributed by atoms with van der Waals surface area (Å²) in [6.45, 7) is 6.71. The summed E-state index contributed by atoms with van der Waals surface area (Å²) < 4.78 is 2.14. The molecule has 0 aromatic carbocycles. The fourth-order valence-electron chi connectivity index (χ4n) is 1.11. The molecule has 0 saturated carbocycles. The molecule has 0 aromatic heterocycles. The maximum atomic E-state index is 3.50. The van der Waals surface area contributed by atoms with Crippen LogP contribution in [0.1, 0.15) is 40.0 Å². The summed E-state index contributed by atoms with van der Waals surface area (Å²) in [4.78, 5) is 0. The van der Waals surface area contributed by atoms with Gasteiger partial charge in [0.1, 0.15) is 0 Å². The number of hydrogen-bond acceptors (Lipinski definition) is 1. The normalized spacial score (nSPS) is 12.6. The highest BCUT2D eigenvalue weighted by molar-refractivity contribution is 14.1. The summed E-state index contributed by atoms with van der Waals surface area (Å²) in [5, 5.41) is 0. The van der Waals surface area contributed by atoms with Crippen molar-refractivity contribution in [3.05, 3.63) is 0 Å². The zero-order valence-electron chi connectivity index (χ0n) is 6.82. The van der Waals surface area contributed by atoms with E-state index in [1.165, 1.54) is 19.3 Å². The Morgan fingerprint density at radius 3 is 1.50 bits per heavy atom. The maximum Gasteiger partial charge on any atom is 0.0412 e. The minimum absolute atomic E-state index is 0.362. The highest BCUT2D eigenvalue weighted by atomic mass is 127. The van der Waals surface area contributed by atoms with Gasteiger partial charge in [0, 0.05) is 44.6 Å². The van der Waals surface area contributed by atoms with Crippen LogP contribution in [-0.2, 0) is 0 Å². The molecular weight excluding hydrogens is 305 g/mol. The molecule has 0 aliphatic rings. The molecule has 0 amide bonds. The van der Waals surface area contributed by atoms with Gasteiger partial charge in [-0.05, 0) is 19.3 Å². The van der Waals surface area contributed by atoms with E-state index in [1.54, 1.807) is 0 Å². The lowest BCUT2D eigenvalue weighted by molar-refractivity contribution is 0.292. The molecule has 0 saturated heterocycles. The van der Waals surface area contributed by atoms with Gasteiger partial charge in [0.2, 0.25) is 0 Å². The van der Waals surface area contributed by atoms with Gasteiger partial charge in [-0.15, -0.1) is 0 Å². The van der Waals surface area contributed by atoms with Crippen LogP contribution in [0.2, 0.25) is 0 Å². The first-order chi connectivity index (χ1) is 4.63. The van der Waals surface area contributed by atoms with E-state index in [4.69, 9.17) is 0 Å². The van der Waals surface area contributed by atoms with Gasteiger partial charge in [-0.3, -0.25) is 0 Å². The summed E-state index contributed by atoms with van der Waals surface area (Å²) in [5.74, 6) is 0. The van der Waals surface area contributed by atoms with Crippen molar-refractivity contribution in [1.29, 1.82) is 0 Å². The molecule has 0 aliphatic carbocycles. The lowest BCUT2D eigenvalue weighted by Crippen LogP contribution is -2.35. The van der Waals surface area contributed by atoms with Crippen molar-refractivity contribution >= 4 is 39.0 Å². The molecule has 0 rings (SSSR count). The van der Waals surface area contributed by atoms with Crippen LogP contribution >= 0.6 is 39.0 Å². The number of hydrogen-bond donors (Lipinski definition) is 0. The van der Waals surface area contributed by atoms with Crippen molar-refractivity contribution in [2.75, 3.05) is 0 Å². The fourth-order valence-corrected chi connectivity index (χ4v) is 2.88. The molecule has 0 bridgehead atoms.